The number of hydrogen-bond donors (Lipinski definition) is 3. The second kappa shape index (κ2) is 6.60. The molecule has 0 saturated heterocycles. The molecule has 0 radical (unpaired) electrons. The van der Waals surface area contributed by atoms with E-state index >= 15 is 0 Å². The zero-order valence-corrected chi connectivity index (χ0v) is 11.5. The standard InChI is InChI=1S/C11H10BrF3N2O3/c12-6-1-2-8(7(5-6)11(13,14)15)17-10(20)16-4-3-9(18)19/h1-2,5H,3-4H2,(H,18,19)(H2,16,17,20). The number of amides is 2. The summed E-state index contributed by atoms with van der Waals surface area (Å²) in [7, 11) is 0. The summed E-state index contributed by atoms with van der Waals surface area (Å²) in [5.74, 6) is -1.12. The van der Waals surface area contributed by atoms with Gasteiger partial charge in [-0.1, -0.05) is 15.9 Å². The van der Waals surface area contributed by atoms with Crippen LogP contribution in [-0.2, 0) is 11.0 Å². The lowest BCUT2D eigenvalue weighted by atomic mass is 10.1. The van der Waals surface area contributed by atoms with Crippen molar-refractivity contribution in [2.75, 3.05) is 11.9 Å². The zero-order valence-electron chi connectivity index (χ0n) is 9.92. The minimum atomic E-state index is -4.62. The molecule has 110 valence electrons. The van der Waals surface area contributed by atoms with E-state index in [4.69, 9.17) is 5.11 Å². The van der Waals surface area contributed by atoms with Crippen LogP contribution in [0.25, 0.3) is 0 Å². The number of carboxylic acids is 1. The largest absolute Gasteiger partial charge is 0.481 e. The maximum atomic E-state index is 12.8. The highest BCUT2D eigenvalue weighted by Gasteiger charge is 2.34. The summed E-state index contributed by atoms with van der Waals surface area (Å²) in [6, 6.07) is 2.39. The fourth-order valence-corrected chi connectivity index (χ4v) is 1.67. The molecule has 0 bridgehead atoms. The number of halogens is 4. The van der Waals surface area contributed by atoms with Gasteiger partial charge in [-0.25, -0.2) is 4.79 Å². The van der Waals surface area contributed by atoms with E-state index in [9.17, 15) is 22.8 Å². The van der Waals surface area contributed by atoms with Crippen LogP contribution >= 0.6 is 15.9 Å². The molecule has 0 aliphatic carbocycles. The average molecular weight is 355 g/mol. The Morgan fingerprint density at radius 1 is 1.30 bits per heavy atom. The van der Waals surface area contributed by atoms with E-state index in [-0.39, 0.29) is 17.4 Å². The number of hydrogen-bond acceptors (Lipinski definition) is 2. The van der Waals surface area contributed by atoms with E-state index in [1.807, 2.05) is 5.32 Å². The number of alkyl halides is 3. The van der Waals surface area contributed by atoms with E-state index in [2.05, 4.69) is 21.2 Å². The Morgan fingerprint density at radius 2 is 1.95 bits per heavy atom. The molecule has 1 rings (SSSR count). The van der Waals surface area contributed by atoms with E-state index in [1.165, 1.54) is 6.07 Å². The number of nitrogens with one attached hydrogen (secondary N) is 2. The summed E-state index contributed by atoms with van der Waals surface area (Å²) < 4.78 is 38.5. The molecule has 0 aliphatic rings. The van der Waals surface area contributed by atoms with Crippen LogP contribution in [0.5, 0.6) is 0 Å². The Bertz CT molecular complexity index is 520. The molecule has 3 N–H and O–H groups in total. The first-order valence-corrected chi connectivity index (χ1v) is 6.13. The predicted octanol–water partition coefficient (Wildman–Crippen LogP) is 3.06. The first-order valence-electron chi connectivity index (χ1n) is 5.33. The summed E-state index contributed by atoms with van der Waals surface area (Å²) in [4.78, 5) is 21.6. The van der Waals surface area contributed by atoms with Crippen molar-refractivity contribution in [2.24, 2.45) is 0 Å². The van der Waals surface area contributed by atoms with Gasteiger partial charge >= 0.3 is 18.2 Å². The van der Waals surface area contributed by atoms with Crippen LogP contribution in [0.15, 0.2) is 22.7 Å². The topological polar surface area (TPSA) is 78.4 Å². The second-order valence-electron chi connectivity index (χ2n) is 3.71. The Hall–Kier alpha value is -1.77. The lowest BCUT2D eigenvalue weighted by Gasteiger charge is -2.14. The molecule has 0 atom stereocenters. The van der Waals surface area contributed by atoms with Crippen molar-refractivity contribution in [3.8, 4) is 0 Å². The maximum absolute atomic E-state index is 12.8. The van der Waals surface area contributed by atoms with E-state index in [0.717, 1.165) is 12.1 Å². The van der Waals surface area contributed by atoms with Crippen molar-refractivity contribution in [1.82, 2.24) is 5.32 Å². The van der Waals surface area contributed by atoms with Gasteiger partial charge in [0.15, 0.2) is 0 Å². The summed E-state index contributed by atoms with van der Waals surface area (Å²) in [5, 5.41) is 12.6. The summed E-state index contributed by atoms with van der Waals surface area (Å²) in [6.45, 7) is -0.182. The fraction of sp³-hybridized carbons (Fsp3) is 0.273. The molecule has 0 fully saturated rings. The number of benzene rings is 1. The quantitative estimate of drug-likeness (QED) is 0.777. The minimum absolute atomic E-state index is 0.182. The van der Waals surface area contributed by atoms with Gasteiger partial charge in [-0.2, -0.15) is 13.2 Å². The monoisotopic (exact) mass is 354 g/mol. The normalized spacial score (nSPS) is 11.0. The number of carboxylic acid groups (broad SMARTS) is 1. The zero-order chi connectivity index (χ0) is 15.3. The summed E-state index contributed by atoms with van der Waals surface area (Å²) in [6.07, 6.45) is -4.94. The Morgan fingerprint density at radius 3 is 2.50 bits per heavy atom. The third-order valence-electron chi connectivity index (χ3n) is 2.16. The van der Waals surface area contributed by atoms with Gasteiger partial charge in [0.1, 0.15) is 0 Å². The summed E-state index contributed by atoms with van der Waals surface area (Å²) >= 11 is 2.92. The SMILES string of the molecule is O=C(O)CCNC(=O)Nc1ccc(Br)cc1C(F)(F)F. The molecule has 0 aromatic heterocycles. The van der Waals surface area contributed by atoms with E-state index < -0.39 is 29.4 Å². The molecule has 20 heavy (non-hydrogen) atoms. The maximum Gasteiger partial charge on any atom is 0.418 e. The molecular weight excluding hydrogens is 345 g/mol. The van der Waals surface area contributed by atoms with Crippen molar-refractivity contribution in [3.05, 3.63) is 28.2 Å². The van der Waals surface area contributed by atoms with Crippen LogP contribution in [0.1, 0.15) is 12.0 Å². The third kappa shape index (κ3) is 5.08. The lowest BCUT2D eigenvalue weighted by Crippen LogP contribution is -2.31. The average Bonchev–Trinajstić information content (AvgIpc) is 2.29. The van der Waals surface area contributed by atoms with E-state index in [0.29, 0.717) is 0 Å². The van der Waals surface area contributed by atoms with Crippen molar-refractivity contribution in [1.29, 1.82) is 0 Å². The van der Waals surface area contributed by atoms with Gasteiger partial charge in [-0.05, 0) is 18.2 Å². The van der Waals surface area contributed by atoms with Crippen molar-refractivity contribution in [3.63, 3.8) is 0 Å². The number of rotatable bonds is 4. The number of carbonyl (C=O) groups excluding carboxylic acids is 1. The molecule has 0 spiro atoms. The number of carbonyl (C=O) groups is 2. The van der Waals surface area contributed by atoms with Crippen molar-refractivity contribution in [2.45, 2.75) is 12.6 Å². The molecule has 0 heterocycles. The van der Waals surface area contributed by atoms with Gasteiger partial charge in [0.2, 0.25) is 0 Å². The molecule has 0 saturated carbocycles. The highest BCUT2D eigenvalue weighted by atomic mass is 79.9. The molecule has 1 aromatic rings. The highest BCUT2D eigenvalue weighted by molar-refractivity contribution is 9.10. The van der Waals surface area contributed by atoms with Crippen LogP contribution in [0.3, 0.4) is 0 Å². The van der Waals surface area contributed by atoms with E-state index in [1.54, 1.807) is 0 Å². The van der Waals surface area contributed by atoms with Crippen LogP contribution in [-0.4, -0.2) is 23.7 Å². The molecule has 0 aliphatic heterocycles. The van der Waals surface area contributed by atoms with Gasteiger partial charge in [0.05, 0.1) is 17.7 Å². The van der Waals surface area contributed by atoms with Gasteiger partial charge in [0.25, 0.3) is 0 Å². The predicted molar refractivity (Wildman–Crippen MR) is 68.4 cm³/mol. The van der Waals surface area contributed by atoms with Crippen molar-refractivity contribution < 1.29 is 27.9 Å². The smallest absolute Gasteiger partial charge is 0.418 e. The van der Waals surface area contributed by atoms with Gasteiger partial charge in [0, 0.05) is 11.0 Å². The van der Waals surface area contributed by atoms with Gasteiger partial charge < -0.3 is 15.7 Å². The molecule has 1 aromatic carbocycles. The molecule has 2 amide bonds. The van der Waals surface area contributed by atoms with Crippen LogP contribution < -0.4 is 10.6 Å². The van der Waals surface area contributed by atoms with Gasteiger partial charge in [-0.3, -0.25) is 4.79 Å². The number of anilines is 1. The third-order valence-corrected chi connectivity index (χ3v) is 2.65. The fourth-order valence-electron chi connectivity index (χ4n) is 1.31. The second-order valence-corrected chi connectivity index (χ2v) is 4.63. The molecule has 0 unspecified atom stereocenters. The number of aliphatic carboxylic acids is 1. The van der Waals surface area contributed by atoms with Crippen LogP contribution in [0, 0.1) is 0 Å². The van der Waals surface area contributed by atoms with Crippen LogP contribution in [0.2, 0.25) is 0 Å². The van der Waals surface area contributed by atoms with Crippen LogP contribution in [0.4, 0.5) is 23.7 Å². The Kier molecular flexibility index (Phi) is 5.37. The molecular formula is C11H10BrF3N2O3. The van der Waals surface area contributed by atoms with Gasteiger partial charge in [-0.15, -0.1) is 0 Å². The Labute approximate surface area is 120 Å². The van der Waals surface area contributed by atoms with Crippen molar-refractivity contribution >= 4 is 33.6 Å². The molecule has 9 heteroatoms. The minimum Gasteiger partial charge on any atom is -0.481 e. The number of urea groups is 1. The first-order chi connectivity index (χ1) is 9.20. The first kappa shape index (κ1) is 16.3. The Balaban J connectivity index is 2.77. The summed E-state index contributed by atoms with van der Waals surface area (Å²) in [5.41, 5.74) is -1.41. The molecule has 5 nitrogen and oxygen atoms in total. The highest BCUT2D eigenvalue weighted by Crippen LogP contribution is 2.36. The lowest BCUT2D eigenvalue weighted by molar-refractivity contribution is -0.137.